The van der Waals surface area contributed by atoms with E-state index >= 15 is 0 Å². The molecule has 1 aromatic heterocycles. The van der Waals surface area contributed by atoms with Gasteiger partial charge in [0.25, 0.3) is 11.2 Å². The molecule has 10 nitrogen and oxygen atoms in total. The lowest BCUT2D eigenvalue weighted by Gasteiger charge is -2.16. The minimum Gasteiger partial charge on any atom is -0.390 e. The lowest BCUT2D eigenvalue weighted by Crippen LogP contribution is -2.25. The molecule has 0 aromatic carbocycles. The molecular weight excluding hydrogens is 258 g/mol. The van der Waals surface area contributed by atoms with Crippen LogP contribution >= 0.6 is 0 Å². The van der Waals surface area contributed by atoms with Gasteiger partial charge < -0.3 is 15.2 Å². The van der Waals surface area contributed by atoms with Crippen molar-refractivity contribution in [2.45, 2.75) is 18.6 Å². The maximum atomic E-state index is 11.4. The number of aromatic nitrogens is 1. The number of hydrogen-bond acceptors (Lipinski definition) is 6. The highest BCUT2D eigenvalue weighted by atomic mass is 16.6. The summed E-state index contributed by atoms with van der Waals surface area (Å²) in [6, 6.07) is 0.889. The summed E-state index contributed by atoms with van der Waals surface area (Å²) in [4.78, 5) is 25.8. The van der Waals surface area contributed by atoms with Crippen LogP contribution in [0.3, 0.4) is 0 Å². The number of nitro groups is 1. The summed E-state index contributed by atoms with van der Waals surface area (Å²) in [6.45, 7) is -0.0679. The Labute approximate surface area is 106 Å². The number of pyridine rings is 1. The largest absolute Gasteiger partial charge is 0.390 e. The second-order valence-corrected chi connectivity index (χ2v) is 3.65. The van der Waals surface area contributed by atoms with Gasteiger partial charge in [-0.25, -0.2) is 0 Å². The van der Waals surface area contributed by atoms with E-state index in [-0.39, 0.29) is 18.5 Å². The van der Waals surface area contributed by atoms with Gasteiger partial charge in [-0.1, -0.05) is 5.11 Å². The lowest BCUT2D eigenvalue weighted by molar-refractivity contribution is -0.385. The molecule has 0 aliphatic rings. The monoisotopic (exact) mass is 269 g/mol. The standard InChI is InChI=1S/C9H11N5O5/c10-13-12-2-1-7(15)8(16)6-3-5(14(18)19)4-11-9(6)17/h3-4,7-8,15-16H,1-2H2,(H,11,17). The van der Waals surface area contributed by atoms with E-state index < -0.39 is 28.4 Å². The number of aliphatic hydroxyl groups is 2. The lowest BCUT2D eigenvalue weighted by atomic mass is 10.0. The van der Waals surface area contributed by atoms with Gasteiger partial charge >= 0.3 is 0 Å². The van der Waals surface area contributed by atoms with Crippen LogP contribution in [0.4, 0.5) is 5.69 Å². The number of aromatic amines is 1. The van der Waals surface area contributed by atoms with Crippen molar-refractivity contribution in [2.24, 2.45) is 5.11 Å². The second-order valence-electron chi connectivity index (χ2n) is 3.65. The first kappa shape index (κ1) is 14.6. The van der Waals surface area contributed by atoms with E-state index in [4.69, 9.17) is 5.53 Å². The molecule has 2 atom stereocenters. The van der Waals surface area contributed by atoms with E-state index in [2.05, 4.69) is 15.0 Å². The summed E-state index contributed by atoms with van der Waals surface area (Å²) in [5.74, 6) is 0. The highest BCUT2D eigenvalue weighted by Gasteiger charge is 2.23. The molecule has 19 heavy (non-hydrogen) atoms. The summed E-state index contributed by atoms with van der Waals surface area (Å²) in [7, 11) is 0. The van der Waals surface area contributed by atoms with Gasteiger partial charge in [0.1, 0.15) is 6.10 Å². The molecule has 3 N–H and O–H groups in total. The highest BCUT2D eigenvalue weighted by Crippen LogP contribution is 2.19. The minimum atomic E-state index is -1.60. The molecule has 0 amide bonds. The van der Waals surface area contributed by atoms with E-state index in [1.165, 1.54) is 0 Å². The third-order valence-corrected chi connectivity index (χ3v) is 2.40. The molecule has 2 unspecified atom stereocenters. The van der Waals surface area contributed by atoms with Crippen LogP contribution in [0.25, 0.3) is 10.4 Å². The zero-order valence-corrected chi connectivity index (χ0v) is 9.63. The summed E-state index contributed by atoms with van der Waals surface area (Å²) in [5.41, 5.74) is 6.60. The van der Waals surface area contributed by atoms with Gasteiger partial charge in [-0.2, -0.15) is 0 Å². The normalized spacial score (nSPS) is 13.4. The number of hydrogen-bond donors (Lipinski definition) is 3. The fraction of sp³-hybridized carbons (Fsp3) is 0.444. The fourth-order valence-electron chi connectivity index (χ4n) is 1.41. The molecule has 0 radical (unpaired) electrons. The predicted octanol–water partition coefficient (Wildman–Crippen LogP) is 0.378. The number of nitrogens with zero attached hydrogens (tertiary/aromatic N) is 4. The van der Waals surface area contributed by atoms with E-state index in [1.54, 1.807) is 0 Å². The summed E-state index contributed by atoms with van der Waals surface area (Å²) < 4.78 is 0. The van der Waals surface area contributed by atoms with E-state index in [0.717, 1.165) is 12.3 Å². The Morgan fingerprint density at radius 2 is 2.26 bits per heavy atom. The van der Waals surface area contributed by atoms with Gasteiger partial charge in [0, 0.05) is 17.5 Å². The first-order chi connectivity index (χ1) is 8.97. The Bertz CT molecular complexity index is 564. The second kappa shape index (κ2) is 6.50. The molecule has 0 aliphatic carbocycles. The SMILES string of the molecule is [N-]=[N+]=NCCC(O)C(O)c1cc([N+](=O)[O-])c[nH]c1=O. The molecular formula is C9H11N5O5. The molecule has 0 saturated carbocycles. The maximum absolute atomic E-state index is 11.4. The molecule has 1 rings (SSSR count). The molecule has 1 heterocycles. The van der Waals surface area contributed by atoms with Gasteiger partial charge in [-0.05, 0) is 12.0 Å². The molecule has 1 aromatic rings. The molecule has 10 heteroatoms. The van der Waals surface area contributed by atoms with Crippen molar-refractivity contribution in [3.05, 3.63) is 48.7 Å². The summed E-state index contributed by atoms with van der Waals surface area (Å²) >= 11 is 0. The number of azide groups is 1. The zero-order valence-electron chi connectivity index (χ0n) is 9.63. The first-order valence-corrected chi connectivity index (χ1v) is 5.21. The predicted molar refractivity (Wildman–Crippen MR) is 63.3 cm³/mol. The smallest absolute Gasteiger partial charge is 0.285 e. The van der Waals surface area contributed by atoms with Crippen LogP contribution in [-0.2, 0) is 0 Å². The van der Waals surface area contributed by atoms with Crippen molar-refractivity contribution in [2.75, 3.05) is 6.54 Å². The Morgan fingerprint density at radius 1 is 1.58 bits per heavy atom. The number of nitrogens with one attached hydrogen (secondary N) is 1. The average Bonchev–Trinajstić information content (AvgIpc) is 2.38. The third-order valence-electron chi connectivity index (χ3n) is 2.40. The maximum Gasteiger partial charge on any atom is 0.285 e. The van der Waals surface area contributed by atoms with Gasteiger partial charge in [0.15, 0.2) is 0 Å². The Balaban J connectivity index is 2.94. The van der Waals surface area contributed by atoms with Crippen LogP contribution in [0.15, 0.2) is 22.2 Å². The molecule has 102 valence electrons. The Hall–Kier alpha value is -2.42. The summed E-state index contributed by atoms with van der Waals surface area (Å²) in [6.07, 6.45) is -2.15. The zero-order chi connectivity index (χ0) is 14.4. The van der Waals surface area contributed by atoms with Crippen LogP contribution in [0, 0.1) is 10.1 Å². The Kier molecular flexibility index (Phi) is 5.01. The van der Waals surface area contributed by atoms with Crippen LogP contribution in [0.1, 0.15) is 18.1 Å². The highest BCUT2D eigenvalue weighted by molar-refractivity contribution is 5.31. The topological polar surface area (TPSA) is 165 Å². The fourth-order valence-corrected chi connectivity index (χ4v) is 1.41. The van der Waals surface area contributed by atoms with Crippen molar-refractivity contribution in [1.29, 1.82) is 0 Å². The van der Waals surface area contributed by atoms with Crippen molar-refractivity contribution < 1.29 is 15.1 Å². The quantitative estimate of drug-likeness (QED) is 0.223. The third kappa shape index (κ3) is 3.78. The first-order valence-electron chi connectivity index (χ1n) is 5.21. The molecule has 0 aliphatic heterocycles. The molecule has 0 fully saturated rings. The van der Waals surface area contributed by atoms with Crippen LogP contribution < -0.4 is 5.56 Å². The van der Waals surface area contributed by atoms with Crippen LogP contribution in [-0.4, -0.2) is 32.8 Å². The van der Waals surface area contributed by atoms with Crippen molar-refractivity contribution in [1.82, 2.24) is 4.98 Å². The van der Waals surface area contributed by atoms with Crippen LogP contribution in [0.5, 0.6) is 0 Å². The van der Waals surface area contributed by atoms with E-state index in [0.29, 0.717) is 0 Å². The van der Waals surface area contributed by atoms with Crippen molar-refractivity contribution in [3.63, 3.8) is 0 Å². The Morgan fingerprint density at radius 3 is 2.84 bits per heavy atom. The van der Waals surface area contributed by atoms with Gasteiger partial charge in [-0.3, -0.25) is 14.9 Å². The van der Waals surface area contributed by atoms with Crippen molar-refractivity contribution >= 4 is 5.69 Å². The van der Waals surface area contributed by atoms with Gasteiger partial charge in [-0.15, -0.1) is 0 Å². The summed E-state index contributed by atoms with van der Waals surface area (Å²) in [5, 5.41) is 33.1. The van der Waals surface area contributed by atoms with Gasteiger partial charge in [0.05, 0.1) is 22.8 Å². The van der Waals surface area contributed by atoms with Crippen LogP contribution in [0.2, 0.25) is 0 Å². The molecule has 0 spiro atoms. The number of aliphatic hydroxyl groups excluding tert-OH is 2. The van der Waals surface area contributed by atoms with E-state index in [1.807, 2.05) is 0 Å². The van der Waals surface area contributed by atoms with Crippen molar-refractivity contribution in [3.8, 4) is 0 Å². The van der Waals surface area contributed by atoms with Gasteiger partial charge in [0.2, 0.25) is 0 Å². The number of H-pyrrole nitrogens is 1. The molecule has 0 saturated heterocycles. The average molecular weight is 269 g/mol. The molecule has 0 bridgehead atoms. The number of rotatable bonds is 6. The van der Waals surface area contributed by atoms with E-state index in [9.17, 15) is 25.1 Å². The minimum absolute atomic E-state index is 0.0679.